The Bertz CT molecular complexity index is 487. The van der Waals surface area contributed by atoms with Gasteiger partial charge in [-0.1, -0.05) is 18.6 Å². The molecule has 1 heterocycles. The van der Waals surface area contributed by atoms with Crippen molar-refractivity contribution in [2.75, 3.05) is 13.1 Å². The van der Waals surface area contributed by atoms with Gasteiger partial charge in [-0.25, -0.2) is 8.42 Å². The molecule has 0 spiro atoms. The Morgan fingerprint density at radius 3 is 2.17 bits per heavy atom. The average Bonchev–Trinajstić information content (AvgIpc) is 2.40. The van der Waals surface area contributed by atoms with Crippen LogP contribution in [0.1, 0.15) is 37.9 Å². The Hall–Kier alpha value is -0.910. The van der Waals surface area contributed by atoms with Crippen molar-refractivity contribution in [3.8, 4) is 0 Å². The zero-order valence-corrected chi connectivity index (χ0v) is 11.4. The minimum absolute atomic E-state index is 0.314. The normalized spacial score (nSPS) is 19.7. The first-order valence-electron chi connectivity index (χ1n) is 6.30. The van der Waals surface area contributed by atoms with Gasteiger partial charge in [0.1, 0.15) is 0 Å². The molecular formula is C13H19NO3S. The molecule has 1 aliphatic rings. The maximum Gasteiger partial charge on any atom is 0.243 e. The van der Waals surface area contributed by atoms with Crippen LogP contribution in [0.2, 0.25) is 0 Å². The minimum atomic E-state index is -3.35. The highest BCUT2D eigenvalue weighted by molar-refractivity contribution is 7.89. The number of hydrogen-bond donors (Lipinski definition) is 1. The quantitative estimate of drug-likeness (QED) is 0.912. The van der Waals surface area contributed by atoms with Crippen LogP contribution in [0, 0.1) is 0 Å². The van der Waals surface area contributed by atoms with E-state index < -0.39 is 16.1 Å². The van der Waals surface area contributed by atoms with Gasteiger partial charge in [0.2, 0.25) is 10.0 Å². The van der Waals surface area contributed by atoms with Crippen LogP contribution in [0.15, 0.2) is 29.2 Å². The second kappa shape index (κ2) is 5.38. The van der Waals surface area contributed by atoms with Crippen LogP contribution in [-0.4, -0.2) is 30.9 Å². The Morgan fingerprint density at radius 1 is 1.11 bits per heavy atom. The summed E-state index contributed by atoms with van der Waals surface area (Å²) in [6, 6.07) is 6.49. The maximum atomic E-state index is 12.3. The van der Waals surface area contributed by atoms with Gasteiger partial charge in [0.15, 0.2) is 0 Å². The molecule has 1 atom stereocenters. The van der Waals surface area contributed by atoms with Gasteiger partial charge >= 0.3 is 0 Å². The number of rotatable bonds is 3. The first-order valence-corrected chi connectivity index (χ1v) is 7.74. The number of nitrogens with zero attached hydrogens (tertiary/aromatic N) is 1. The van der Waals surface area contributed by atoms with E-state index >= 15 is 0 Å². The molecule has 0 bridgehead atoms. The highest BCUT2D eigenvalue weighted by Gasteiger charge is 2.25. The molecule has 4 nitrogen and oxygen atoms in total. The lowest BCUT2D eigenvalue weighted by Gasteiger charge is -2.25. The Balaban J connectivity index is 2.23. The van der Waals surface area contributed by atoms with E-state index in [9.17, 15) is 13.5 Å². The summed E-state index contributed by atoms with van der Waals surface area (Å²) in [6.45, 7) is 2.88. The van der Waals surface area contributed by atoms with E-state index in [1.807, 2.05) is 0 Å². The summed E-state index contributed by atoms with van der Waals surface area (Å²) in [6.07, 6.45) is 2.40. The standard InChI is InChI=1S/C13H19NO3S/c1-11(15)12-5-7-13(8-6-12)18(16,17)14-9-3-2-4-10-14/h5-8,11,15H,2-4,9-10H2,1H3. The number of piperidine rings is 1. The van der Waals surface area contributed by atoms with Gasteiger partial charge < -0.3 is 5.11 Å². The summed E-state index contributed by atoms with van der Waals surface area (Å²) in [4.78, 5) is 0.314. The number of hydrogen-bond acceptors (Lipinski definition) is 3. The Morgan fingerprint density at radius 2 is 1.67 bits per heavy atom. The van der Waals surface area contributed by atoms with E-state index in [-0.39, 0.29) is 0 Å². The predicted octanol–water partition coefficient (Wildman–Crippen LogP) is 1.91. The van der Waals surface area contributed by atoms with Crippen molar-refractivity contribution in [1.82, 2.24) is 4.31 Å². The van der Waals surface area contributed by atoms with Crippen molar-refractivity contribution in [3.05, 3.63) is 29.8 Å². The van der Waals surface area contributed by atoms with Crippen molar-refractivity contribution >= 4 is 10.0 Å². The van der Waals surface area contributed by atoms with Crippen LogP contribution in [0.4, 0.5) is 0 Å². The molecule has 1 aromatic rings. The fourth-order valence-corrected chi connectivity index (χ4v) is 3.69. The van der Waals surface area contributed by atoms with E-state index in [0.29, 0.717) is 18.0 Å². The van der Waals surface area contributed by atoms with Crippen LogP contribution in [0.3, 0.4) is 0 Å². The highest BCUT2D eigenvalue weighted by atomic mass is 32.2. The second-order valence-electron chi connectivity index (χ2n) is 4.71. The largest absolute Gasteiger partial charge is 0.389 e. The highest BCUT2D eigenvalue weighted by Crippen LogP contribution is 2.22. The van der Waals surface area contributed by atoms with Crippen molar-refractivity contribution < 1.29 is 13.5 Å². The van der Waals surface area contributed by atoms with Gasteiger partial charge in [-0.15, -0.1) is 0 Å². The molecule has 1 fully saturated rings. The third kappa shape index (κ3) is 2.74. The van der Waals surface area contributed by atoms with Gasteiger partial charge in [-0.2, -0.15) is 4.31 Å². The Labute approximate surface area is 108 Å². The number of aliphatic hydroxyl groups is 1. The molecule has 0 aliphatic carbocycles. The molecule has 1 aromatic carbocycles. The molecule has 2 rings (SSSR count). The third-order valence-electron chi connectivity index (χ3n) is 3.32. The molecular weight excluding hydrogens is 250 g/mol. The molecule has 1 N–H and O–H groups in total. The van der Waals surface area contributed by atoms with Gasteiger partial charge in [0, 0.05) is 13.1 Å². The van der Waals surface area contributed by atoms with E-state index in [1.54, 1.807) is 35.5 Å². The van der Waals surface area contributed by atoms with E-state index in [2.05, 4.69) is 0 Å². The average molecular weight is 269 g/mol. The maximum absolute atomic E-state index is 12.3. The molecule has 5 heteroatoms. The lowest BCUT2D eigenvalue weighted by molar-refractivity contribution is 0.199. The zero-order chi connectivity index (χ0) is 13.2. The third-order valence-corrected chi connectivity index (χ3v) is 5.23. The SMILES string of the molecule is CC(O)c1ccc(S(=O)(=O)N2CCCCC2)cc1. The summed E-state index contributed by atoms with van der Waals surface area (Å²) in [5.41, 5.74) is 0.729. The minimum Gasteiger partial charge on any atom is -0.389 e. The zero-order valence-electron chi connectivity index (χ0n) is 10.5. The lowest BCUT2D eigenvalue weighted by Crippen LogP contribution is -2.35. The van der Waals surface area contributed by atoms with Crippen molar-refractivity contribution in [2.45, 2.75) is 37.2 Å². The van der Waals surface area contributed by atoms with Crippen molar-refractivity contribution in [3.63, 3.8) is 0 Å². The lowest BCUT2D eigenvalue weighted by atomic mass is 10.1. The molecule has 100 valence electrons. The predicted molar refractivity (Wildman–Crippen MR) is 69.7 cm³/mol. The molecule has 18 heavy (non-hydrogen) atoms. The molecule has 1 unspecified atom stereocenters. The van der Waals surface area contributed by atoms with Crippen LogP contribution in [0.5, 0.6) is 0 Å². The summed E-state index contributed by atoms with van der Waals surface area (Å²) < 4.78 is 26.2. The van der Waals surface area contributed by atoms with E-state index in [1.165, 1.54) is 0 Å². The fourth-order valence-electron chi connectivity index (χ4n) is 2.17. The van der Waals surface area contributed by atoms with Crippen molar-refractivity contribution in [2.24, 2.45) is 0 Å². The van der Waals surface area contributed by atoms with E-state index in [0.717, 1.165) is 24.8 Å². The van der Waals surface area contributed by atoms with Gasteiger partial charge in [0.25, 0.3) is 0 Å². The fraction of sp³-hybridized carbons (Fsp3) is 0.538. The molecule has 0 radical (unpaired) electrons. The first kappa shape index (κ1) is 13.5. The summed E-state index contributed by atoms with van der Waals surface area (Å²) in [7, 11) is -3.35. The molecule has 0 amide bonds. The Kier molecular flexibility index (Phi) is 4.04. The van der Waals surface area contributed by atoms with Crippen LogP contribution in [0.25, 0.3) is 0 Å². The topological polar surface area (TPSA) is 57.6 Å². The smallest absolute Gasteiger partial charge is 0.243 e. The molecule has 1 aliphatic heterocycles. The molecule has 0 saturated carbocycles. The summed E-state index contributed by atoms with van der Waals surface area (Å²) >= 11 is 0. The van der Waals surface area contributed by atoms with Gasteiger partial charge in [0.05, 0.1) is 11.0 Å². The summed E-state index contributed by atoms with van der Waals surface area (Å²) in [5, 5.41) is 9.41. The molecule has 0 aromatic heterocycles. The van der Waals surface area contributed by atoms with Gasteiger partial charge in [-0.3, -0.25) is 0 Å². The van der Waals surface area contributed by atoms with E-state index in [4.69, 9.17) is 0 Å². The monoisotopic (exact) mass is 269 g/mol. The number of sulfonamides is 1. The van der Waals surface area contributed by atoms with Crippen LogP contribution in [-0.2, 0) is 10.0 Å². The van der Waals surface area contributed by atoms with Crippen molar-refractivity contribution in [1.29, 1.82) is 0 Å². The van der Waals surface area contributed by atoms with Crippen LogP contribution >= 0.6 is 0 Å². The first-order chi connectivity index (χ1) is 8.51. The molecule has 1 saturated heterocycles. The second-order valence-corrected chi connectivity index (χ2v) is 6.65. The number of aliphatic hydroxyl groups excluding tert-OH is 1. The van der Waals surface area contributed by atoms with Gasteiger partial charge in [-0.05, 0) is 37.5 Å². The van der Waals surface area contributed by atoms with Crippen LogP contribution < -0.4 is 0 Å². The number of benzene rings is 1. The summed E-state index contributed by atoms with van der Waals surface area (Å²) in [5.74, 6) is 0.